The molecule has 0 saturated carbocycles. The van der Waals surface area contributed by atoms with Crippen LogP contribution in [-0.4, -0.2) is 27.6 Å². The van der Waals surface area contributed by atoms with Crippen molar-refractivity contribution in [1.82, 2.24) is 10.3 Å². The lowest BCUT2D eigenvalue weighted by Crippen LogP contribution is -2.54. The number of carbonyl (C=O) groups excluding carboxylic acids is 1. The monoisotopic (exact) mass is 271 g/mol. The Kier molecular flexibility index (Phi) is 4.66. The first kappa shape index (κ1) is 14.4. The van der Waals surface area contributed by atoms with Gasteiger partial charge in [-0.05, 0) is 19.8 Å². The van der Waals surface area contributed by atoms with Crippen LogP contribution in [0, 0.1) is 6.92 Å². The first-order chi connectivity index (χ1) is 8.43. The van der Waals surface area contributed by atoms with Crippen LogP contribution in [0.5, 0.6) is 0 Å². The molecule has 100 valence electrons. The molecule has 0 aliphatic heterocycles. The van der Waals surface area contributed by atoms with Crippen molar-refractivity contribution >= 4 is 28.5 Å². The fourth-order valence-corrected chi connectivity index (χ4v) is 2.20. The normalized spacial score (nSPS) is 11.1. The molecule has 0 saturated heterocycles. The van der Waals surface area contributed by atoms with Crippen molar-refractivity contribution in [3.05, 3.63) is 11.1 Å². The van der Waals surface area contributed by atoms with Gasteiger partial charge in [0.2, 0.25) is 0 Å². The molecule has 0 unspecified atom stereocenters. The number of amides is 2. The molecule has 0 atom stereocenters. The number of aryl methyl sites for hydroxylation is 1. The molecule has 0 aliphatic rings. The van der Waals surface area contributed by atoms with Crippen LogP contribution in [0.1, 0.15) is 31.6 Å². The van der Waals surface area contributed by atoms with Gasteiger partial charge in [-0.3, -0.25) is 5.32 Å². The van der Waals surface area contributed by atoms with Crippen LogP contribution in [-0.2, 0) is 4.79 Å². The Morgan fingerprint density at radius 1 is 1.44 bits per heavy atom. The summed E-state index contributed by atoms with van der Waals surface area (Å²) in [7, 11) is 0. The highest BCUT2D eigenvalue weighted by Crippen LogP contribution is 2.18. The van der Waals surface area contributed by atoms with E-state index in [4.69, 9.17) is 0 Å². The minimum atomic E-state index is -1.23. The topological polar surface area (TPSA) is 91.3 Å². The first-order valence-electron chi connectivity index (χ1n) is 5.68. The lowest BCUT2D eigenvalue weighted by Gasteiger charge is -2.27. The smallest absolute Gasteiger partial charge is 0.329 e. The van der Waals surface area contributed by atoms with E-state index in [0.29, 0.717) is 18.0 Å². The summed E-state index contributed by atoms with van der Waals surface area (Å²) < 4.78 is 0. The Labute approximate surface area is 109 Å². The predicted molar refractivity (Wildman–Crippen MR) is 70.0 cm³/mol. The standard InChI is InChI=1S/C11H17N3O3S/c1-4-11(5-2,8(15)16)14-9(17)13-10-12-6-7(3)18-10/h6H,4-5H2,1-3H3,(H,15,16)(H2,12,13,14,17). The molecule has 0 spiro atoms. The van der Waals surface area contributed by atoms with E-state index in [1.165, 1.54) is 11.3 Å². The van der Waals surface area contributed by atoms with Crippen LogP contribution < -0.4 is 10.6 Å². The maximum atomic E-state index is 11.7. The zero-order chi connectivity index (χ0) is 13.8. The van der Waals surface area contributed by atoms with Gasteiger partial charge in [0.25, 0.3) is 0 Å². The Morgan fingerprint density at radius 3 is 2.44 bits per heavy atom. The second kappa shape index (κ2) is 5.81. The average molecular weight is 271 g/mol. The van der Waals surface area contributed by atoms with Crippen LogP contribution in [0.15, 0.2) is 6.20 Å². The van der Waals surface area contributed by atoms with Crippen molar-refractivity contribution in [2.24, 2.45) is 0 Å². The number of hydrogen-bond donors (Lipinski definition) is 3. The van der Waals surface area contributed by atoms with Gasteiger partial charge in [-0.1, -0.05) is 13.8 Å². The quantitative estimate of drug-likeness (QED) is 0.765. The zero-order valence-corrected chi connectivity index (χ0v) is 11.4. The van der Waals surface area contributed by atoms with Crippen LogP contribution in [0.4, 0.5) is 9.93 Å². The van der Waals surface area contributed by atoms with E-state index in [1.54, 1.807) is 20.0 Å². The molecule has 18 heavy (non-hydrogen) atoms. The maximum absolute atomic E-state index is 11.7. The molecule has 1 aromatic rings. The van der Waals surface area contributed by atoms with Gasteiger partial charge in [-0.2, -0.15) is 0 Å². The van der Waals surface area contributed by atoms with E-state index < -0.39 is 17.5 Å². The summed E-state index contributed by atoms with van der Waals surface area (Å²) >= 11 is 1.34. The summed E-state index contributed by atoms with van der Waals surface area (Å²) in [5.74, 6) is -1.03. The fraction of sp³-hybridized carbons (Fsp3) is 0.545. The molecule has 1 aromatic heterocycles. The van der Waals surface area contributed by atoms with Gasteiger partial charge in [0.05, 0.1) is 0 Å². The third-order valence-corrected chi connectivity index (χ3v) is 3.64. The fourth-order valence-electron chi connectivity index (χ4n) is 1.54. The van der Waals surface area contributed by atoms with E-state index >= 15 is 0 Å². The van der Waals surface area contributed by atoms with Gasteiger partial charge in [-0.25, -0.2) is 14.6 Å². The second-order valence-electron chi connectivity index (χ2n) is 3.95. The number of hydrogen-bond acceptors (Lipinski definition) is 4. The van der Waals surface area contributed by atoms with Crippen molar-refractivity contribution in [2.75, 3.05) is 5.32 Å². The molecule has 0 aromatic carbocycles. The number of aromatic nitrogens is 1. The summed E-state index contributed by atoms with van der Waals surface area (Å²) in [5.41, 5.74) is -1.23. The summed E-state index contributed by atoms with van der Waals surface area (Å²) in [5, 5.41) is 14.7. The van der Waals surface area contributed by atoms with E-state index in [2.05, 4.69) is 15.6 Å². The zero-order valence-electron chi connectivity index (χ0n) is 10.6. The third-order valence-electron chi connectivity index (χ3n) is 2.81. The van der Waals surface area contributed by atoms with E-state index in [1.807, 2.05) is 6.92 Å². The van der Waals surface area contributed by atoms with Gasteiger partial charge in [0.15, 0.2) is 5.13 Å². The molecule has 1 rings (SSSR count). The number of nitrogens with one attached hydrogen (secondary N) is 2. The lowest BCUT2D eigenvalue weighted by atomic mass is 9.93. The highest BCUT2D eigenvalue weighted by Gasteiger charge is 2.36. The Balaban J connectivity index is 2.70. The average Bonchev–Trinajstić information content (AvgIpc) is 2.71. The molecule has 7 heteroatoms. The number of thiazole rings is 1. The number of anilines is 1. The van der Waals surface area contributed by atoms with Crippen molar-refractivity contribution in [2.45, 2.75) is 39.2 Å². The number of urea groups is 1. The van der Waals surface area contributed by atoms with Crippen LogP contribution in [0.25, 0.3) is 0 Å². The van der Waals surface area contributed by atoms with Gasteiger partial charge >= 0.3 is 12.0 Å². The minimum absolute atomic E-state index is 0.323. The van der Waals surface area contributed by atoms with Gasteiger partial charge in [0, 0.05) is 11.1 Å². The van der Waals surface area contributed by atoms with Crippen molar-refractivity contribution in [3.63, 3.8) is 0 Å². The highest BCUT2D eigenvalue weighted by atomic mass is 32.1. The Hall–Kier alpha value is -1.63. The molecule has 0 fully saturated rings. The summed E-state index contributed by atoms with van der Waals surface area (Å²) in [4.78, 5) is 27.9. The molecular weight excluding hydrogens is 254 g/mol. The summed E-state index contributed by atoms with van der Waals surface area (Å²) in [6, 6.07) is -0.546. The third kappa shape index (κ3) is 3.19. The Bertz CT molecular complexity index is 440. The number of carboxylic acids is 1. The second-order valence-corrected chi connectivity index (χ2v) is 5.18. The SMILES string of the molecule is CCC(CC)(NC(=O)Nc1ncc(C)s1)C(=O)O. The molecular formula is C11H17N3O3S. The molecule has 1 heterocycles. The van der Waals surface area contributed by atoms with Crippen LogP contribution >= 0.6 is 11.3 Å². The first-order valence-corrected chi connectivity index (χ1v) is 6.50. The summed E-state index contributed by atoms with van der Waals surface area (Å²) in [6.07, 6.45) is 2.29. The number of aliphatic carboxylic acids is 1. The molecule has 2 amide bonds. The Morgan fingerprint density at radius 2 is 2.06 bits per heavy atom. The predicted octanol–water partition coefficient (Wildman–Crippen LogP) is 2.22. The molecule has 6 nitrogen and oxygen atoms in total. The van der Waals surface area contributed by atoms with Gasteiger partial charge in [0.1, 0.15) is 5.54 Å². The van der Waals surface area contributed by atoms with Crippen molar-refractivity contribution in [3.8, 4) is 0 Å². The van der Waals surface area contributed by atoms with Crippen LogP contribution in [0.2, 0.25) is 0 Å². The van der Waals surface area contributed by atoms with E-state index in [-0.39, 0.29) is 0 Å². The lowest BCUT2D eigenvalue weighted by molar-refractivity contribution is -0.144. The minimum Gasteiger partial charge on any atom is -0.480 e. The largest absolute Gasteiger partial charge is 0.480 e. The van der Waals surface area contributed by atoms with Crippen molar-refractivity contribution < 1.29 is 14.7 Å². The van der Waals surface area contributed by atoms with E-state index in [9.17, 15) is 14.7 Å². The number of nitrogens with zero attached hydrogens (tertiary/aromatic N) is 1. The molecule has 0 radical (unpaired) electrons. The number of carboxylic acid groups (broad SMARTS) is 1. The molecule has 0 bridgehead atoms. The molecule has 0 aliphatic carbocycles. The highest BCUT2D eigenvalue weighted by molar-refractivity contribution is 7.15. The molecule has 3 N–H and O–H groups in total. The van der Waals surface area contributed by atoms with E-state index in [0.717, 1.165) is 4.88 Å². The summed E-state index contributed by atoms with van der Waals surface area (Å²) in [6.45, 7) is 5.33. The van der Waals surface area contributed by atoms with Crippen molar-refractivity contribution in [1.29, 1.82) is 0 Å². The number of rotatable bonds is 5. The van der Waals surface area contributed by atoms with Gasteiger partial charge < -0.3 is 10.4 Å². The van der Waals surface area contributed by atoms with Crippen LogP contribution in [0.3, 0.4) is 0 Å². The maximum Gasteiger partial charge on any atom is 0.329 e. The van der Waals surface area contributed by atoms with Gasteiger partial charge in [-0.15, -0.1) is 11.3 Å². The number of carbonyl (C=O) groups is 2.